The lowest BCUT2D eigenvalue weighted by Gasteiger charge is -2.54. The number of aromatic nitrogens is 3. The topological polar surface area (TPSA) is 102 Å². The number of aromatic carboxylic acids is 1. The Morgan fingerprint density at radius 1 is 1.09 bits per heavy atom. The summed E-state index contributed by atoms with van der Waals surface area (Å²) in [6, 6.07) is 15.6. The molecule has 3 aliphatic heterocycles. The number of ether oxygens (including phenoxy) is 3. The number of pyridine rings is 1. The van der Waals surface area contributed by atoms with Crippen LogP contribution in [0.4, 0.5) is 5.69 Å². The molecule has 0 unspecified atom stereocenters. The first-order chi connectivity index (χ1) is 20.9. The highest BCUT2D eigenvalue weighted by molar-refractivity contribution is 6.30. The number of imidazole rings is 1. The summed E-state index contributed by atoms with van der Waals surface area (Å²) in [6.45, 7) is 5.74. The Hall–Kier alpha value is -3.86. The first-order valence-corrected chi connectivity index (χ1v) is 15.2. The van der Waals surface area contributed by atoms with Crippen molar-refractivity contribution in [3.05, 3.63) is 76.8 Å². The molecule has 2 aromatic heterocycles. The first-order valence-electron chi connectivity index (χ1n) is 14.8. The van der Waals surface area contributed by atoms with Gasteiger partial charge in [0.1, 0.15) is 11.5 Å². The Bertz CT molecular complexity index is 1720. The Morgan fingerprint density at radius 2 is 1.95 bits per heavy atom. The van der Waals surface area contributed by atoms with Crippen molar-refractivity contribution in [3.63, 3.8) is 0 Å². The van der Waals surface area contributed by atoms with Gasteiger partial charge in [0.15, 0.2) is 11.5 Å². The van der Waals surface area contributed by atoms with Gasteiger partial charge in [-0.3, -0.25) is 9.88 Å². The number of carboxylic acids is 1. The van der Waals surface area contributed by atoms with Crippen molar-refractivity contribution in [1.29, 1.82) is 0 Å². The van der Waals surface area contributed by atoms with E-state index in [1.54, 1.807) is 24.4 Å². The Morgan fingerprint density at radius 3 is 2.67 bits per heavy atom. The monoisotopic (exact) mass is 601 g/mol. The quantitative estimate of drug-likeness (QED) is 0.311. The fourth-order valence-electron chi connectivity index (χ4n) is 6.85. The number of halogens is 1. The maximum atomic E-state index is 11.7. The number of anilines is 1. The van der Waals surface area contributed by atoms with Crippen molar-refractivity contribution in [2.75, 3.05) is 24.6 Å². The maximum Gasteiger partial charge on any atom is 0.335 e. The van der Waals surface area contributed by atoms with E-state index < -0.39 is 11.8 Å². The van der Waals surface area contributed by atoms with Crippen LogP contribution in [0, 0.1) is 0 Å². The zero-order valence-corrected chi connectivity index (χ0v) is 24.5. The molecule has 5 heterocycles. The Kier molecular flexibility index (Phi) is 6.29. The Labute approximate surface area is 253 Å². The van der Waals surface area contributed by atoms with Gasteiger partial charge in [-0.15, -0.1) is 0 Å². The molecule has 8 rings (SSSR count). The fraction of sp³-hybridized carbons (Fsp3) is 0.406. The lowest BCUT2D eigenvalue weighted by Crippen LogP contribution is -2.64. The SMILES string of the molecule is C[C@@]1(c2ccc(Cl)cn2)Oc2cccc(N3CCN(Cc4nc5ccc(C(=O)O)cc5n4C[C@@H]4CCO4)[C@@H]4CC[C@H]43)c2O1. The van der Waals surface area contributed by atoms with Crippen LogP contribution in [0.15, 0.2) is 54.7 Å². The molecule has 0 spiro atoms. The van der Waals surface area contributed by atoms with Crippen LogP contribution in [0.1, 0.15) is 48.1 Å². The zero-order chi connectivity index (χ0) is 29.3. The average Bonchev–Trinajstić information content (AvgIpc) is 3.48. The van der Waals surface area contributed by atoms with E-state index in [-0.39, 0.29) is 11.7 Å². The van der Waals surface area contributed by atoms with Crippen molar-refractivity contribution in [2.24, 2.45) is 0 Å². The lowest BCUT2D eigenvalue weighted by molar-refractivity contribution is -0.0717. The first kappa shape index (κ1) is 26.7. The summed E-state index contributed by atoms with van der Waals surface area (Å²) in [5.74, 6) is 0.444. The number of rotatable bonds is 7. The van der Waals surface area contributed by atoms with Gasteiger partial charge in [-0.25, -0.2) is 9.78 Å². The molecule has 4 aromatic rings. The third kappa shape index (κ3) is 4.51. The van der Waals surface area contributed by atoms with Gasteiger partial charge in [0, 0.05) is 44.9 Å². The van der Waals surface area contributed by atoms with E-state index in [4.69, 9.17) is 30.8 Å². The normalized spacial score (nSPS) is 26.2. The van der Waals surface area contributed by atoms with Gasteiger partial charge < -0.3 is 28.8 Å². The molecule has 2 aromatic carbocycles. The summed E-state index contributed by atoms with van der Waals surface area (Å²) in [4.78, 5) is 26.2. The van der Waals surface area contributed by atoms with E-state index in [9.17, 15) is 9.90 Å². The summed E-state index contributed by atoms with van der Waals surface area (Å²) in [7, 11) is 0. The molecule has 1 N–H and O–H groups in total. The molecule has 1 saturated carbocycles. The molecule has 0 bridgehead atoms. The van der Waals surface area contributed by atoms with Gasteiger partial charge in [0.2, 0.25) is 0 Å². The summed E-state index contributed by atoms with van der Waals surface area (Å²) in [6.07, 6.45) is 4.94. The lowest BCUT2D eigenvalue weighted by atomic mass is 9.81. The second kappa shape index (κ2) is 10.1. The van der Waals surface area contributed by atoms with Crippen LogP contribution in [0.3, 0.4) is 0 Å². The minimum Gasteiger partial charge on any atom is -0.478 e. The molecule has 0 amide bonds. The molecular weight excluding hydrogens is 570 g/mol. The van der Waals surface area contributed by atoms with Crippen molar-refractivity contribution in [2.45, 2.75) is 63.3 Å². The van der Waals surface area contributed by atoms with Gasteiger partial charge in [-0.1, -0.05) is 17.7 Å². The van der Waals surface area contributed by atoms with E-state index in [0.29, 0.717) is 41.6 Å². The third-order valence-corrected chi connectivity index (χ3v) is 9.58. The fourth-order valence-corrected chi connectivity index (χ4v) is 6.96. The van der Waals surface area contributed by atoms with Crippen LogP contribution in [0.2, 0.25) is 5.02 Å². The van der Waals surface area contributed by atoms with Crippen LogP contribution in [-0.4, -0.2) is 68.4 Å². The number of nitrogens with zero attached hydrogens (tertiary/aromatic N) is 5. The standard InChI is InChI=1S/C32H32ClN5O5/c1-32(28-10-6-20(33)16-34-28)42-27-4-2-3-25(30(27)43-32)37-13-12-36(23-8-9-24(23)37)18-29-35-22-7-5-19(31(39)40)15-26(22)38(29)17-21-11-14-41-21/h2-7,10,15-16,21,23-24H,8-9,11-14,17-18H2,1H3,(H,39,40)/t21-,23+,24+,32+/m0/s1. The highest BCUT2D eigenvalue weighted by Gasteiger charge is 2.47. The van der Waals surface area contributed by atoms with Gasteiger partial charge in [-0.05, 0) is 61.7 Å². The van der Waals surface area contributed by atoms with Crippen molar-refractivity contribution >= 4 is 34.3 Å². The molecule has 10 nitrogen and oxygen atoms in total. The van der Waals surface area contributed by atoms with Gasteiger partial charge >= 0.3 is 5.97 Å². The van der Waals surface area contributed by atoms with Crippen molar-refractivity contribution < 1.29 is 24.1 Å². The van der Waals surface area contributed by atoms with Crippen LogP contribution in [0.5, 0.6) is 11.5 Å². The van der Waals surface area contributed by atoms with Crippen LogP contribution < -0.4 is 14.4 Å². The summed E-state index contributed by atoms with van der Waals surface area (Å²) in [5.41, 5.74) is 3.64. The number of fused-ring (bicyclic) bond motifs is 3. The van der Waals surface area contributed by atoms with Gasteiger partial charge in [-0.2, -0.15) is 0 Å². The van der Waals surface area contributed by atoms with E-state index in [1.165, 1.54) is 0 Å². The molecule has 2 saturated heterocycles. The average molecular weight is 602 g/mol. The number of para-hydroxylation sites is 1. The number of hydrogen-bond donors (Lipinski definition) is 1. The molecule has 4 atom stereocenters. The maximum absolute atomic E-state index is 11.7. The van der Waals surface area contributed by atoms with E-state index >= 15 is 0 Å². The molecule has 3 fully saturated rings. The molecule has 0 radical (unpaired) electrons. The van der Waals surface area contributed by atoms with Crippen molar-refractivity contribution in [1.82, 2.24) is 19.4 Å². The highest BCUT2D eigenvalue weighted by Crippen LogP contribution is 2.51. The highest BCUT2D eigenvalue weighted by atomic mass is 35.5. The molecule has 4 aliphatic rings. The second-order valence-electron chi connectivity index (χ2n) is 11.9. The van der Waals surface area contributed by atoms with E-state index in [2.05, 4.69) is 25.4 Å². The second-order valence-corrected chi connectivity index (χ2v) is 12.4. The van der Waals surface area contributed by atoms with Crippen LogP contribution in [0.25, 0.3) is 11.0 Å². The van der Waals surface area contributed by atoms with Crippen LogP contribution >= 0.6 is 11.6 Å². The molecule has 222 valence electrons. The number of hydrogen-bond acceptors (Lipinski definition) is 8. The third-order valence-electron chi connectivity index (χ3n) is 9.36. The minimum absolute atomic E-state index is 0.133. The van der Waals surface area contributed by atoms with Gasteiger partial charge in [0.05, 0.1) is 46.5 Å². The number of benzene rings is 2. The number of piperazine rings is 1. The summed E-state index contributed by atoms with van der Waals surface area (Å²) < 4.78 is 20.8. The van der Waals surface area contributed by atoms with Crippen molar-refractivity contribution in [3.8, 4) is 11.5 Å². The van der Waals surface area contributed by atoms with E-state index in [0.717, 1.165) is 67.3 Å². The summed E-state index contributed by atoms with van der Waals surface area (Å²) >= 11 is 6.07. The molecule has 43 heavy (non-hydrogen) atoms. The predicted octanol–water partition coefficient (Wildman–Crippen LogP) is 5.07. The predicted molar refractivity (Wildman–Crippen MR) is 160 cm³/mol. The zero-order valence-electron chi connectivity index (χ0n) is 23.8. The minimum atomic E-state index is -1.03. The smallest absolute Gasteiger partial charge is 0.335 e. The number of carbonyl (C=O) groups is 1. The summed E-state index contributed by atoms with van der Waals surface area (Å²) in [5, 5.41) is 10.2. The molecular formula is C32H32ClN5O5. The number of carboxylic acid groups (broad SMARTS) is 1. The Balaban J connectivity index is 1.05. The molecule has 11 heteroatoms. The largest absolute Gasteiger partial charge is 0.478 e. The van der Waals surface area contributed by atoms with E-state index in [1.807, 2.05) is 31.2 Å². The van der Waals surface area contributed by atoms with Gasteiger partial charge in [0.25, 0.3) is 5.79 Å². The molecule has 1 aliphatic carbocycles. The van der Waals surface area contributed by atoms with Crippen LogP contribution in [-0.2, 0) is 23.6 Å².